The normalized spacial score (nSPS) is 18.6. The zero-order valence-electron chi connectivity index (χ0n) is 21.7. The number of fused-ring (bicyclic) bond motifs is 2. The Hall–Kier alpha value is -4.40. The lowest BCUT2D eigenvalue weighted by atomic mass is 9.74. The van der Waals surface area contributed by atoms with Gasteiger partial charge in [0.25, 0.3) is 0 Å². The molecule has 3 N–H and O–H groups in total. The summed E-state index contributed by atoms with van der Waals surface area (Å²) in [5.41, 5.74) is 6.54. The average molecular weight is 507 g/mol. The second-order valence-corrected chi connectivity index (χ2v) is 10.5. The minimum atomic E-state index is -0.266. The Bertz CT molecular complexity index is 1620. The van der Waals surface area contributed by atoms with Gasteiger partial charge in [-0.2, -0.15) is 5.10 Å². The van der Waals surface area contributed by atoms with Gasteiger partial charge in [0.2, 0.25) is 5.91 Å². The van der Waals surface area contributed by atoms with Crippen LogP contribution in [0.2, 0.25) is 0 Å². The fourth-order valence-corrected chi connectivity index (χ4v) is 5.14. The highest BCUT2D eigenvalue weighted by Gasteiger charge is 2.37. The molecule has 192 valence electrons. The monoisotopic (exact) mass is 506 g/mol. The van der Waals surface area contributed by atoms with Crippen molar-refractivity contribution in [3.05, 3.63) is 60.3 Å². The van der Waals surface area contributed by atoms with Crippen LogP contribution >= 0.6 is 0 Å². The number of carbonyl (C=O) groups excluding carboxylic acids is 1. The fraction of sp³-hybridized carbons (Fsp3) is 0.310. The fourth-order valence-electron chi connectivity index (χ4n) is 5.14. The van der Waals surface area contributed by atoms with Crippen molar-refractivity contribution in [2.75, 3.05) is 11.9 Å². The first-order valence-corrected chi connectivity index (χ1v) is 13.0. The van der Waals surface area contributed by atoms with E-state index in [1.54, 1.807) is 18.6 Å². The molecule has 5 heterocycles. The molecule has 0 aromatic carbocycles. The summed E-state index contributed by atoms with van der Waals surface area (Å²) in [5.74, 6) is 0.967. The third-order valence-electron chi connectivity index (χ3n) is 7.10. The maximum Gasteiger partial charge on any atom is 0.224 e. The Balaban J connectivity index is 1.35. The smallest absolute Gasteiger partial charge is 0.224 e. The first-order valence-electron chi connectivity index (χ1n) is 13.0. The van der Waals surface area contributed by atoms with E-state index in [1.165, 1.54) is 0 Å². The molecule has 0 bridgehead atoms. The molecule has 2 aliphatic rings. The van der Waals surface area contributed by atoms with E-state index in [1.807, 2.05) is 26.0 Å². The second-order valence-electron chi connectivity index (χ2n) is 10.5. The van der Waals surface area contributed by atoms with E-state index < -0.39 is 0 Å². The van der Waals surface area contributed by atoms with Crippen LogP contribution in [0.25, 0.3) is 39.8 Å². The Kier molecular flexibility index (Phi) is 5.98. The van der Waals surface area contributed by atoms with Gasteiger partial charge in [0, 0.05) is 42.2 Å². The lowest BCUT2D eigenvalue weighted by Gasteiger charge is -2.31. The molecule has 1 amide bonds. The predicted molar refractivity (Wildman–Crippen MR) is 150 cm³/mol. The van der Waals surface area contributed by atoms with Crippen molar-refractivity contribution in [2.45, 2.75) is 45.4 Å². The summed E-state index contributed by atoms with van der Waals surface area (Å²) < 4.78 is 0. The van der Waals surface area contributed by atoms with Gasteiger partial charge in [-0.05, 0) is 50.0 Å². The zero-order chi connectivity index (χ0) is 26.3. The number of aromatic amines is 2. The van der Waals surface area contributed by atoms with E-state index >= 15 is 0 Å². The van der Waals surface area contributed by atoms with Crippen molar-refractivity contribution < 1.29 is 4.79 Å². The molecule has 1 aliphatic carbocycles. The molecule has 1 atom stereocenters. The van der Waals surface area contributed by atoms with Gasteiger partial charge < -0.3 is 10.3 Å². The first-order chi connectivity index (χ1) is 18.4. The quantitative estimate of drug-likeness (QED) is 0.320. The molecule has 0 saturated carbocycles. The molecule has 1 unspecified atom stereocenters. The minimum absolute atomic E-state index is 0.0258. The highest BCUT2D eigenvalue weighted by molar-refractivity contribution is 6.04. The summed E-state index contributed by atoms with van der Waals surface area (Å²) in [6.45, 7) is 7.07. The molecule has 38 heavy (non-hydrogen) atoms. The van der Waals surface area contributed by atoms with Gasteiger partial charge in [0.1, 0.15) is 5.69 Å². The van der Waals surface area contributed by atoms with Gasteiger partial charge in [-0.15, -0.1) is 0 Å². The maximum atomic E-state index is 12.3. The number of H-pyrrole nitrogens is 2. The summed E-state index contributed by atoms with van der Waals surface area (Å²) in [6.07, 6.45) is 16.1. The van der Waals surface area contributed by atoms with E-state index in [-0.39, 0.29) is 17.2 Å². The molecular weight excluding hydrogens is 476 g/mol. The number of anilines is 1. The number of rotatable bonds is 6. The molecule has 0 fully saturated rings. The van der Waals surface area contributed by atoms with Crippen molar-refractivity contribution in [3.8, 4) is 22.6 Å². The molecule has 4 aromatic heterocycles. The molecule has 9 heteroatoms. The number of hydrogen-bond acceptors (Lipinski definition) is 6. The van der Waals surface area contributed by atoms with Gasteiger partial charge in [-0.1, -0.05) is 26.0 Å². The number of hydrogen-bond donors (Lipinski definition) is 3. The number of carbonyl (C=O) groups is 1. The van der Waals surface area contributed by atoms with Gasteiger partial charge in [0.15, 0.2) is 11.5 Å². The highest BCUT2D eigenvalue weighted by Crippen LogP contribution is 2.39. The van der Waals surface area contributed by atoms with Crippen LogP contribution < -0.4 is 5.32 Å². The number of allylic oxidation sites excluding steroid dienone is 2. The van der Waals surface area contributed by atoms with Crippen LogP contribution in [0.3, 0.4) is 0 Å². The topological polar surface area (TPSA) is 125 Å². The van der Waals surface area contributed by atoms with Crippen molar-refractivity contribution in [3.63, 3.8) is 0 Å². The minimum Gasteiger partial charge on any atom is -0.339 e. The number of nitrogens with zero attached hydrogens (tertiary/aromatic N) is 5. The molecule has 0 spiro atoms. The summed E-state index contributed by atoms with van der Waals surface area (Å²) in [7, 11) is 0. The van der Waals surface area contributed by atoms with Crippen LogP contribution in [0.15, 0.2) is 53.9 Å². The lowest BCUT2D eigenvalue weighted by molar-refractivity contribution is -0.116. The van der Waals surface area contributed by atoms with Crippen molar-refractivity contribution >= 4 is 34.4 Å². The standard InChI is InChI=1S/C29H30N8O/c1-17(2)11-24(38)33-20-12-18(14-30-16-20)19-13-21-25(36-37-27(21)32-15-19)28-34-22-7-6-9-29(3,26(22)35-28)23-8-4-5-10-31-23/h4,6-8,12-17H,5,9-11H2,1-3H3,(H,33,38)(H,34,35)(H,32,36,37). The average Bonchev–Trinajstić information content (AvgIpc) is 3.53. The predicted octanol–water partition coefficient (Wildman–Crippen LogP) is 5.47. The van der Waals surface area contributed by atoms with E-state index in [4.69, 9.17) is 9.98 Å². The molecule has 6 rings (SSSR count). The van der Waals surface area contributed by atoms with Crippen molar-refractivity contribution in [1.29, 1.82) is 0 Å². The number of aromatic nitrogens is 6. The van der Waals surface area contributed by atoms with Crippen LogP contribution in [-0.4, -0.2) is 48.3 Å². The van der Waals surface area contributed by atoms with Gasteiger partial charge in [-0.3, -0.25) is 19.9 Å². The lowest BCUT2D eigenvalue weighted by Crippen LogP contribution is -2.34. The Morgan fingerprint density at radius 1 is 1.13 bits per heavy atom. The Morgan fingerprint density at radius 3 is 2.82 bits per heavy atom. The molecule has 1 aliphatic heterocycles. The number of aliphatic imine (C=N–C) groups is 1. The molecular formula is C29H30N8O. The summed E-state index contributed by atoms with van der Waals surface area (Å²) in [4.78, 5) is 34.5. The number of dihydropyridines is 1. The van der Waals surface area contributed by atoms with E-state index in [9.17, 15) is 4.79 Å². The van der Waals surface area contributed by atoms with Gasteiger partial charge in [0.05, 0.1) is 34.1 Å². The van der Waals surface area contributed by atoms with Gasteiger partial charge >= 0.3 is 0 Å². The Morgan fingerprint density at radius 2 is 2.00 bits per heavy atom. The molecule has 0 saturated heterocycles. The molecule has 0 radical (unpaired) electrons. The summed E-state index contributed by atoms with van der Waals surface area (Å²) in [6, 6.07) is 3.94. The number of imidazole rings is 1. The van der Waals surface area contributed by atoms with Crippen molar-refractivity contribution in [1.82, 2.24) is 30.1 Å². The van der Waals surface area contributed by atoms with Crippen LogP contribution in [0.4, 0.5) is 5.69 Å². The zero-order valence-corrected chi connectivity index (χ0v) is 21.7. The first kappa shape index (κ1) is 24.0. The molecule has 4 aromatic rings. The van der Waals surface area contributed by atoms with Crippen molar-refractivity contribution in [2.24, 2.45) is 10.9 Å². The summed E-state index contributed by atoms with van der Waals surface area (Å²) >= 11 is 0. The van der Waals surface area contributed by atoms with E-state index in [2.05, 4.69) is 61.7 Å². The third-order valence-corrected chi connectivity index (χ3v) is 7.10. The largest absolute Gasteiger partial charge is 0.339 e. The van der Waals surface area contributed by atoms with Gasteiger partial charge in [-0.25, -0.2) is 9.97 Å². The van der Waals surface area contributed by atoms with Crippen LogP contribution in [0.5, 0.6) is 0 Å². The van der Waals surface area contributed by atoms with E-state index in [0.717, 1.165) is 58.7 Å². The maximum absolute atomic E-state index is 12.3. The second kappa shape index (κ2) is 9.48. The SMILES string of the molecule is CC(C)CC(=O)Nc1cncc(-c2cnc3n[nH]c(-c4nc5c([nH]4)C(C)(C4=NCCC=C4)CC=C5)c3c2)c1. The highest BCUT2D eigenvalue weighted by atomic mass is 16.1. The number of pyridine rings is 2. The number of nitrogens with one attached hydrogen (secondary N) is 3. The third kappa shape index (κ3) is 4.34. The molecule has 9 nitrogen and oxygen atoms in total. The summed E-state index contributed by atoms with van der Waals surface area (Å²) in [5, 5.41) is 11.3. The number of amides is 1. The van der Waals surface area contributed by atoms with Crippen LogP contribution in [0, 0.1) is 5.92 Å². The van der Waals surface area contributed by atoms with Crippen LogP contribution in [0.1, 0.15) is 51.4 Å². The van der Waals surface area contributed by atoms with Crippen LogP contribution in [-0.2, 0) is 10.2 Å². The Labute approximate surface area is 220 Å². The van der Waals surface area contributed by atoms with E-state index in [0.29, 0.717) is 23.6 Å².